The molecule has 2 atom stereocenters. The third-order valence-electron chi connectivity index (χ3n) is 3.56. The summed E-state index contributed by atoms with van der Waals surface area (Å²) in [6.07, 6.45) is 3.44. The number of rotatable bonds is 10. The summed E-state index contributed by atoms with van der Waals surface area (Å²) in [6.45, 7) is 16.2. The van der Waals surface area contributed by atoms with Crippen molar-refractivity contribution < 1.29 is 26.7 Å². The minimum absolute atomic E-state index is 0. The van der Waals surface area contributed by atoms with E-state index in [9.17, 15) is 10.2 Å². The van der Waals surface area contributed by atoms with E-state index in [-0.39, 0.29) is 28.9 Å². The van der Waals surface area contributed by atoms with E-state index >= 15 is 0 Å². The van der Waals surface area contributed by atoms with Gasteiger partial charge >= 0.3 is 0 Å². The second kappa shape index (κ2) is 18.4. The summed E-state index contributed by atoms with van der Waals surface area (Å²) in [6, 6.07) is 0. The molecule has 0 aliphatic heterocycles. The molecule has 4 nitrogen and oxygen atoms in total. The van der Waals surface area contributed by atoms with Gasteiger partial charge in [-0.2, -0.15) is 0 Å². The zero-order valence-corrected chi connectivity index (χ0v) is 15.9. The van der Waals surface area contributed by atoms with Crippen LogP contribution in [0.4, 0.5) is 0 Å². The molecule has 134 valence electrons. The molecule has 2 unspecified atom stereocenters. The van der Waals surface area contributed by atoms with Gasteiger partial charge in [-0.15, -0.1) is 0 Å². The quantitative estimate of drug-likeness (QED) is 0.470. The van der Waals surface area contributed by atoms with E-state index < -0.39 is 0 Å². The second-order valence-corrected chi connectivity index (χ2v) is 4.98. The van der Waals surface area contributed by atoms with Crippen molar-refractivity contribution in [2.24, 2.45) is 0 Å². The summed E-state index contributed by atoms with van der Waals surface area (Å²) >= 11 is 0. The largest absolute Gasteiger partial charge is 0.378 e. The molecule has 0 fully saturated rings. The van der Waals surface area contributed by atoms with Crippen molar-refractivity contribution in [3.8, 4) is 0 Å². The Morgan fingerprint density at radius 1 is 0.619 bits per heavy atom. The molecule has 0 spiro atoms. The van der Waals surface area contributed by atoms with Gasteiger partial charge in [0.15, 0.2) is 0 Å². The maximum atomic E-state index is 9.43. The Balaban J connectivity index is -0.000000295. The van der Waals surface area contributed by atoms with Crippen LogP contribution in [0.1, 0.15) is 67.2 Å². The van der Waals surface area contributed by atoms with E-state index in [0.29, 0.717) is 0 Å². The molecule has 0 aliphatic carbocycles. The summed E-state index contributed by atoms with van der Waals surface area (Å²) in [4.78, 5) is 4.12. The van der Waals surface area contributed by atoms with Gasteiger partial charge in [0.05, 0.1) is 0 Å². The summed E-state index contributed by atoms with van der Waals surface area (Å²) in [5.41, 5.74) is 0. The fraction of sp³-hybridized carbons (Fsp3) is 1.00. The van der Waals surface area contributed by atoms with Crippen molar-refractivity contribution in [3.63, 3.8) is 0 Å². The van der Waals surface area contributed by atoms with E-state index in [0.717, 1.165) is 51.9 Å². The van der Waals surface area contributed by atoms with E-state index in [2.05, 4.69) is 51.3 Å². The van der Waals surface area contributed by atoms with Gasteiger partial charge in [-0.1, -0.05) is 54.4 Å². The van der Waals surface area contributed by atoms with Gasteiger partial charge in [0.2, 0.25) is 0 Å². The third-order valence-corrected chi connectivity index (χ3v) is 3.56. The number of hydrogen-bond acceptors (Lipinski definition) is 4. The molecular formula is C16H38N2NiO2. The molecule has 2 N–H and O–H groups in total. The molecule has 0 amide bonds. The first kappa shape index (κ1) is 26.2. The Morgan fingerprint density at radius 3 is 1.00 bits per heavy atom. The normalized spacial score (nSPS) is 13.4. The van der Waals surface area contributed by atoms with Crippen molar-refractivity contribution in [2.45, 2.75) is 79.7 Å². The van der Waals surface area contributed by atoms with Crippen molar-refractivity contribution >= 4 is 0 Å². The van der Waals surface area contributed by atoms with E-state index in [4.69, 9.17) is 0 Å². The van der Waals surface area contributed by atoms with E-state index in [1.54, 1.807) is 0 Å². The van der Waals surface area contributed by atoms with Crippen LogP contribution in [0.15, 0.2) is 0 Å². The van der Waals surface area contributed by atoms with Crippen molar-refractivity contribution in [3.05, 3.63) is 0 Å². The average Bonchev–Trinajstić information content (AvgIpc) is 2.43. The molecule has 21 heavy (non-hydrogen) atoms. The van der Waals surface area contributed by atoms with Crippen LogP contribution in [0.3, 0.4) is 0 Å². The monoisotopic (exact) mass is 348 g/mol. The maximum absolute atomic E-state index is 9.43. The first-order chi connectivity index (χ1) is 9.51. The number of hydrogen-bond donors (Lipinski definition) is 2. The standard InChI is InChI=1S/2C8H19NO.Ni/c2*1-4-7-8(10)9(5-2)6-3;/h2*8,10H,4-7H2,1-3H3;. The molecule has 0 heterocycles. The van der Waals surface area contributed by atoms with Gasteiger partial charge in [-0.25, -0.2) is 0 Å². The van der Waals surface area contributed by atoms with Crippen LogP contribution in [0.5, 0.6) is 0 Å². The molecule has 0 aromatic heterocycles. The smallest absolute Gasteiger partial charge is 0.107 e. The Bertz CT molecular complexity index is 169. The Kier molecular flexibility index (Phi) is 23.0. The van der Waals surface area contributed by atoms with Gasteiger partial charge in [0.25, 0.3) is 0 Å². The number of aliphatic hydroxyl groups is 2. The number of nitrogens with zero attached hydrogens (tertiary/aromatic N) is 2. The van der Waals surface area contributed by atoms with Crippen LogP contribution in [-0.2, 0) is 16.5 Å². The zero-order valence-electron chi connectivity index (χ0n) is 14.9. The molecule has 0 rings (SSSR count). The minimum Gasteiger partial charge on any atom is -0.378 e. The van der Waals surface area contributed by atoms with E-state index in [1.807, 2.05) is 0 Å². The van der Waals surface area contributed by atoms with Gasteiger partial charge < -0.3 is 10.2 Å². The average molecular weight is 349 g/mol. The molecule has 0 aromatic rings. The molecule has 5 heteroatoms. The van der Waals surface area contributed by atoms with Gasteiger partial charge in [0, 0.05) is 16.5 Å². The van der Waals surface area contributed by atoms with Crippen LogP contribution >= 0.6 is 0 Å². The molecule has 0 bridgehead atoms. The SMILES string of the molecule is CCCC(O)N(CC)CC.CCCC(O)N(CC)CC.[Ni]. The second-order valence-electron chi connectivity index (χ2n) is 4.98. The summed E-state index contributed by atoms with van der Waals surface area (Å²) in [5.74, 6) is 0. The Morgan fingerprint density at radius 2 is 0.857 bits per heavy atom. The topological polar surface area (TPSA) is 46.9 Å². The first-order valence-electron chi connectivity index (χ1n) is 8.36. The molecule has 0 radical (unpaired) electrons. The van der Waals surface area contributed by atoms with Crippen LogP contribution in [0.25, 0.3) is 0 Å². The molecule has 0 saturated heterocycles. The maximum Gasteiger partial charge on any atom is 0.107 e. The van der Waals surface area contributed by atoms with Gasteiger partial charge in [-0.3, -0.25) is 9.80 Å². The van der Waals surface area contributed by atoms with Crippen molar-refractivity contribution in [1.29, 1.82) is 0 Å². The van der Waals surface area contributed by atoms with Crippen LogP contribution < -0.4 is 0 Å². The van der Waals surface area contributed by atoms with Crippen LogP contribution in [0, 0.1) is 0 Å². The summed E-state index contributed by atoms with van der Waals surface area (Å²) in [5, 5.41) is 18.9. The Labute approximate surface area is 142 Å². The minimum atomic E-state index is -0.222. The zero-order chi connectivity index (χ0) is 16.0. The van der Waals surface area contributed by atoms with Crippen molar-refractivity contribution in [2.75, 3.05) is 26.2 Å². The van der Waals surface area contributed by atoms with Crippen molar-refractivity contribution in [1.82, 2.24) is 9.80 Å². The first-order valence-corrected chi connectivity index (χ1v) is 8.36. The Hall–Kier alpha value is 0.334. The summed E-state index contributed by atoms with van der Waals surface area (Å²) < 4.78 is 0. The number of aliphatic hydroxyl groups excluding tert-OH is 2. The summed E-state index contributed by atoms with van der Waals surface area (Å²) in [7, 11) is 0. The third kappa shape index (κ3) is 13.7. The van der Waals surface area contributed by atoms with E-state index in [1.165, 1.54) is 0 Å². The predicted octanol–water partition coefficient (Wildman–Crippen LogP) is 2.89. The van der Waals surface area contributed by atoms with Crippen LogP contribution in [0.2, 0.25) is 0 Å². The predicted molar refractivity (Wildman–Crippen MR) is 87.7 cm³/mol. The molecule has 0 aliphatic rings. The molecule has 0 aromatic carbocycles. The molecular weight excluding hydrogens is 311 g/mol. The van der Waals surface area contributed by atoms with Gasteiger partial charge in [-0.05, 0) is 39.0 Å². The van der Waals surface area contributed by atoms with Gasteiger partial charge in [0.1, 0.15) is 12.5 Å². The fourth-order valence-corrected chi connectivity index (χ4v) is 2.17. The molecule has 0 saturated carbocycles. The fourth-order valence-electron chi connectivity index (χ4n) is 2.17. The van der Waals surface area contributed by atoms with Crippen LogP contribution in [-0.4, -0.2) is 58.6 Å².